The summed E-state index contributed by atoms with van der Waals surface area (Å²) in [5, 5.41) is 64.5. The molecule has 0 radical (unpaired) electrons. The number of aromatic nitrogens is 9. The lowest BCUT2D eigenvalue weighted by Crippen LogP contribution is -2.25. The Labute approximate surface area is 477 Å². The monoisotopic (exact) mass is 1160 g/mol. The van der Waals surface area contributed by atoms with Gasteiger partial charge in [0.2, 0.25) is 17.7 Å². The second kappa shape index (κ2) is 23.4. The van der Waals surface area contributed by atoms with Crippen molar-refractivity contribution in [1.29, 1.82) is 0 Å². The number of pyridine rings is 1. The fourth-order valence-electron chi connectivity index (χ4n) is 9.58. The number of amides is 4. The predicted octanol–water partition coefficient (Wildman–Crippen LogP) is 7.36. The summed E-state index contributed by atoms with van der Waals surface area (Å²) < 4.78 is 0. The number of benzene rings is 2. The van der Waals surface area contributed by atoms with E-state index < -0.39 is 23.9 Å². The maximum atomic E-state index is 12.6. The topological polar surface area (TPSA) is 358 Å². The van der Waals surface area contributed by atoms with Crippen LogP contribution in [0, 0.1) is 0 Å². The maximum absolute atomic E-state index is 12.6. The molecule has 9 aromatic rings. The minimum Gasteiger partial charge on any atom is -0.478 e. The number of hydrogen-bond donors (Lipinski definition) is 8. The molecule has 0 spiro atoms. The van der Waals surface area contributed by atoms with Gasteiger partial charge in [0.25, 0.3) is 5.91 Å². The first-order valence-electron chi connectivity index (χ1n) is 25.4. The van der Waals surface area contributed by atoms with Crippen LogP contribution in [0.5, 0.6) is 0 Å². The van der Waals surface area contributed by atoms with Crippen molar-refractivity contribution in [3.63, 3.8) is 0 Å². The summed E-state index contributed by atoms with van der Waals surface area (Å²) in [6.07, 6.45) is 1.30. The molecule has 7 aromatic heterocycles. The Morgan fingerprint density at radius 3 is 1.22 bits per heavy atom. The van der Waals surface area contributed by atoms with Crippen LogP contribution in [-0.2, 0) is 66.7 Å². The van der Waals surface area contributed by atoms with Crippen LogP contribution in [0.1, 0.15) is 116 Å². The number of carboxylic acid groups (broad SMARTS) is 4. The number of H-pyrrole nitrogens is 4. The Hall–Kier alpha value is -10.4. The SMILES string of the molecule is CC(=O)N1Cc2[nH]nc(-c3ccc(C(=O)O)cc3)c2C1.CC(=O)N1Cc2[nH]nc(-c3ccc(C(=O)O)cn3)c2C1.CC(=O)N1Cc2[nH]nc(-c3ccc(C(=O)O)s3)c2C1.O=C(O)c1ccc(-c2n[nH]c3c2CN(C(=O)c2ccccc2)C3)s1. The Kier molecular flexibility index (Phi) is 15.7. The first kappa shape index (κ1) is 55.9. The van der Waals surface area contributed by atoms with Crippen LogP contribution in [0.15, 0.2) is 97.2 Å². The molecule has 0 aliphatic carbocycles. The molecule has 0 unspecified atom stereocenters. The van der Waals surface area contributed by atoms with Gasteiger partial charge in [-0.3, -0.25) is 44.6 Å². The van der Waals surface area contributed by atoms with Crippen LogP contribution in [0.4, 0.5) is 0 Å². The number of carbonyl (C=O) groups is 8. The van der Waals surface area contributed by atoms with Crippen molar-refractivity contribution in [2.75, 3.05) is 0 Å². The average molecular weight is 1160 g/mol. The number of aromatic amines is 4. The number of nitrogens with zero attached hydrogens (tertiary/aromatic N) is 9. The number of thiophene rings is 2. The highest BCUT2D eigenvalue weighted by molar-refractivity contribution is 7.17. The van der Waals surface area contributed by atoms with Gasteiger partial charge in [-0.05, 0) is 60.7 Å². The molecule has 0 saturated carbocycles. The lowest BCUT2D eigenvalue weighted by molar-refractivity contribution is -0.130. The lowest BCUT2D eigenvalue weighted by atomic mass is 10.1. The van der Waals surface area contributed by atoms with Crippen LogP contribution >= 0.6 is 22.7 Å². The molecule has 11 heterocycles. The predicted molar refractivity (Wildman–Crippen MR) is 297 cm³/mol. The van der Waals surface area contributed by atoms with Gasteiger partial charge < -0.3 is 40.0 Å². The number of hydrogen-bond acceptors (Lipinski definition) is 15. The van der Waals surface area contributed by atoms with Crippen molar-refractivity contribution in [3.8, 4) is 43.8 Å². The minimum absolute atomic E-state index is 0.00901. The summed E-state index contributed by atoms with van der Waals surface area (Å²) in [5.41, 5.74) is 12.9. The fourth-order valence-corrected chi connectivity index (χ4v) is 11.3. The highest BCUT2D eigenvalue weighted by Gasteiger charge is 2.32. The highest BCUT2D eigenvalue weighted by atomic mass is 32.1. The average Bonchev–Trinajstić information content (AvgIpc) is 4.29. The molecule has 27 heteroatoms. The molecule has 0 bridgehead atoms. The zero-order chi connectivity index (χ0) is 58.8. The Morgan fingerprint density at radius 1 is 0.410 bits per heavy atom. The second-order valence-corrected chi connectivity index (χ2v) is 21.5. The maximum Gasteiger partial charge on any atom is 0.345 e. The zero-order valence-corrected chi connectivity index (χ0v) is 45.9. The third-order valence-electron chi connectivity index (χ3n) is 14.0. The molecule has 4 amide bonds. The van der Waals surface area contributed by atoms with Gasteiger partial charge in [0.05, 0.1) is 107 Å². The molecule has 4 aliphatic heterocycles. The van der Waals surface area contributed by atoms with E-state index >= 15 is 0 Å². The number of rotatable bonds is 9. The molecule has 2 aromatic carbocycles. The van der Waals surface area contributed by atoms with Gasteiger partial charge in [-0.15, -0.1) is 22.7 Å². The van der Waals surface area contributed by atoms with Crippen molar-refractivity contribution in [2.45, 2.75) is 73.1 Å². The van der Waals surface area contributed by atoms with Gasteiger partial charge in [0.15, 0.2) is 0 Å². The van der Waals surface area contributed by atoms with Gasteiger partial charge >= 0.3 is 23.9 Å². The molecule has 0 atom stereocenters. The van der Waals surface area contributed by atoms with Gasteiger partial charge in [-0.25, -0.2) is 19.2 Å². The molecule has 83 heavy (non-hydrogen) atoms. The number of aromatic carboxylic acids is 4. The lowest BCUT2D eigenvalue weighted by Gasteiger charge is -2.15. The van der Waals surface area contributed by atoms with E-state index in [4.69, 9.17) is 20.4 Å². The van der Waals surface area contributed by atoms with Gasteiger partial charge in [-0.1, -0.05) is 30.3 Å². The van der Waals surface area contributed by atoms with Crippen molar-refractivity contribution in [1.82, 2.24) is 65.4 Å². The van der Waals surface area contributed by atoms with E-state index in [1.807, 2.05) is 18.2 Å². The summed E-state index contributed by atoms with van der Waals surface area (Å²) in [7, 11) is 0. The number of fused-ring (bicyclic) bond motifs is 4. The van der Waals surface area contributed by atoms with Crippen molar-refractivity contribution < 1.29 is 58.8 Å². The number of carboxylic acids is 4. The van der Waals surface area contributed by atoms with Gasteiger partial charge in [-0.2, -0.15) is 20.4 Å². The van der Waals surface area contributed by atoms with Crippen LogP contribution in [0.3, 0.4) is 0 Å². The molecular weight excluding hydrogens is 1110 g/mol. The Balaban J connectivity index is 0.000000124. The zero-order valence-electron chi connectivity index (χ0n) is 44.3. The van der Waals surface area contributed by atoms with Crippen molar-refractivity contribution in [2.24, 2.45) is 0 Å². The fraction of sp³-hybridized carbons (Fsp3) is 0.196. The van der Waals surface area contributed by atoms with Crippen molar-refractivity contribution in [3.05, 3.63) is 169 Å². The second-order valence-electron chi connectivity index (χ2n) is 19.3. The summed E-state index contributed by atoms with van der Waals surface area (Å²) in [4.78, 5) is 104. The van der Waals surface area contributed by atoms with E-state index in [-0.39, 0.29) is 44.5 Å². The summed E-state index contributed by atoms with van der Waals surface area (Å²) in [5.74, 6) is -3.81. The molecule has 8 N–H and O–H groups in total. The third kappa shape index (κ3) is 11.8. The van der Waals surface area contributed by atoms with Crippen molar-refractivity contribution >= 4 is 70.2 Å². The quantitative estimate of drug-likeness (QED) is 0.0699. The van der Waals surface area contributed by atoms with Crippen LogP contribution < -0.4 is 0 Å². The van der Waals surface area contributed by atoms with Gasteiger partial charge in [0.1, 0.15) is 26.8 Å². The summed E-state index contributed by atoms with van der Waals surface area (Å²) in [6.45, 7) is 8.71. The van der Waals surface area contributed by atoms with E-state index in [0.29, 0.717) is 69.3 Å². The minimum atomic E-state index is -1.01. The molecular formula is C56H49N13O12S2. The smallest absolute Gasteiger partial charge is 0.345 e. The highest BCUT2D eigenvalue weighted by Crippen LogP contribution is 2.37. The number of carbonyl (C=O) groups excluding carboxylic acids is 4. The normalized spacial score (nSPS) is 13.3. The van der Waals surface area contributed by atoms with Crippen LogP contribution in [0.25, 0.3) is 43.8 Å². The molecule has 25 nitrogen and oxygen atoms in total. The first-order chi connectivity index (χ1) is 39.8. The van der Waals surface area contributed by atoms with E-state index in [2.05, 4.69) is 45.8 Å². The standard InChI is InChI=1S/C17H13N3O3S.C14H13N3O3.C13H12N4O3.C12H11N3O3S/c21-16(10-4-2-1-3-5-10)20-8-11-12(9-20)18-19-15(11)13-6-7-14(24-13)17(22)23;1-8(18)17-6-11-12(7-17)15-16-13(11)9-2-4-10(5-3-9)14(19)20;1-7(18)17-5-9-11(6-17)15-16-12(9)10-3-2-8(4-14-10)13(19)20;1-6(16)15-4-7-8(5-15)13-14-11(7)9-2-3-10(19-9)12(17)18/h1-7H,8-9H2,(H,18,19)(H,22,23);2-5H,6-7H2,1H3,(H,15,16)(H,19,20);2-4H,5-6H2,1H3,(H,15,16)(H,19,20);2-3H,4-5H2,1H3,(H,13,14)(H,17,18). The van der Waals surface area contributed by atoms with E-state index in [1.54, 1.807) is 93.3 Å². The molecule has 4 aliphatic rings. The molecule has 0 fully saturated rings. The van der Waals surface area contributed by atoms with E-state index in [1.165, 1.54) is 48.8 Å². The van der Waals surface area contributed by atoms with E-state index in [9.17, 15) is 38.4 Å². The van der Waals surface area contributed by atoms with Crippen LogP contribution in [-0.4, -0.2) is 133 Å². The summed E-state index contributed by atoms with van der Waals surface area (Å²) in [6, 6.07) is 25.5. The number of nitrogens with one attached hydrogen (secondary N) is 4. The molecule has 0 saturated heterocycles. The largest absolute Gasteiger partial charge is 0.478 e. The van der Waals surface area contributed by atoms with Crippen LogP contribution in [0.2, 0.25) is 0 Å². The summed E-state index contributed by atoms with van der Waals surface area (Å²) >= 11 is 2.37. The van der Waals surface area contributed by atoms with Gasteiger partial charge in [0, 0.05) is 60.3 Å². The Bertz CT molecular complexity index is 3890. The molecule has 422 valence electrons. The Morgan fingerprint density at radius 2 is 0.807 bits per heavy atom. The third-order valence-corrected chi connectivity index (χ3v) is 16.2. The first-order valence-corrected chi connectivity index (χ1v) is 27.0. The van der Waals surface area contributed by atoms with E-state index in [0.717, 1.165) is 77.4 Å². The molecule has 13 rings (SSSR count).